The van der Waals surface area contributed by atoms with Gasteiger partial charge in [0.05, 0.1) is 17.5 Å². The minimum atomic E-state index is 0.247. The lowest BCUT2D eigenvalue weighted by Crippen LogP contribution is -2.30. The van der Waals surface area contributed by atoms with Gasteiger partial charge in [0.15, 0.2) is 0 Å². The minimum Gasteiger partial charge on any atom is -0.378 e. The summed E-state index contributed by atoms with van der Waals surface area (Å²) in [5.41, 5.74) is 2.04. The Morgan fingerprint density at radius 2 is 2.24 bits per heavy atom. The highest BCUT2D eigenvalue weighted by Gasteiger charge is 2.24. The van der Waals surface area contributed by atoms with Crippen LogP contribution in [0.25, 0.3) is 0 Å². The van der Waals surface area contributed by atoms with Crippen molar-refractivity contribution < 1.29 is 4.74 Å². The molecule has 1 aliphatic rings. The van der Waals surface area contributed by atoms with Crippen LogP contribution in [0.15, 0.2) is 12.4 Å². The van der Waals surface area contributed by atoms with Crippen LogP contribution in [0.4, 0.5) is 0 Å². The van der Waals surface area contributed by atoms with E-state index in [1.54, 1.807) is 12.4 Å². The fraction of sp³-hybridized carbons (Fsp3) is 0.692. The maximum atomic E-state index is 5.56. The molecular formula is C13H21N3O. The molecule has 3 unspecified atom stereocenters. The topological polar surface area (TPSA) is 47.0 Å². The van der Waals surface area contributed by atoms with Crippen LogP contribution in [0.3, 0.4) is 0 Å². The summed E-state index contributed by atoms with van der Waals surface area (Å²) < 4.78 is 5.56. The Hall–Kier alpha value is -1.00. The van der Waals surface area contributed by atoms with Gasteiger partial charge in [0.25, 0.3) is 0 Å². The monoisotopic (exact) mass is 235 g/mol. The van der Waals surface area contributed by atoms with Crippen molar-refractivity contribution in [3.05, 3.63) is 23.8 Å². The van der Waals surface area contributed by atoms with Gasteiger partial charge in [-0.1, -0.05) is 0 Å². The number of aromatic nitrogens is 2. The number of hydrogen-bond donors (Lipinski definition) is 1. The molecule has 2 rings (SSSR count). The van der Waals surface area contributed by atoms with E-state index in [-0.39, 0.29) is 6.04 Å². The molecule has 0 radical (unpaired) electrons. The van der Waals surface area contributed by atoms with Crippen LogP contribution in [-0.2, 0) is 4.74 Å². The van der Waals surface area contributed by atoms with E-state index < -0.39 is 0 Å². The molecule has 4 heteroatoms. The quantitative estimate of drug-likeness (QED) is 0.865. The lowest BCUT2D eigenvalue weighted by molar-refractivity contribution is 0.105. The fourth-order valence-electron chi connectivity index (χ4n) is 2.31. The Labute approximate surface area is 103 Å². The van der Waals surface area contributed by atoms with E-state index in [1.807, 2.05) is 6.92 Å². The molecule has 17 heavy (non-hydrogen) atoms. The molecule has 94 valence electrons. The van der Waals surface area contributed by atoms with E-state index in [2.05, 4.69) is 29.1 Å². The van der Waals surface area contributed by atoms with E-state index >= 15 is 0 Å². The second kappa shape index (κ2) is 5.56. The SMILES string of the molecule is Cc1nccnc1C(C)NCC1CCOC1C. The number of ether oxygens (including phenoxy) is 1. The summed E-state index contributed by atoms with van der Waals surface area (Å²) in [6.45, 7) is 8.17. The van der Waals surface area contributed by atoms with Gasteiger partial charge in [0, 0.05) is 31.6 Å². The Bertz CT molecular complexity index is 369. The van der Waals surface area contributed by atoms with Crippen LogP contribution in [0.1, 0.15) is 37.7 Å². The van der Waals surface area contributed by atoms with E-state index in [9.17, 15) is 0 Å². The van der Waals surface area contributed by atoms with Crippen LogP contribution in [0.5, 0.6) is 0 Å². The van der Waals surface area contributed by atoms with E-state index in [0.717, 1.165) is 31.0 Å². The molecule has 1 N–H and O–H groups in total. The molecule has 4 nitrogen and oxygen atoms in total. The molecule has 0 saturated carbocycles. The van der Waals surface area contributed by atoms with Crippen molar-refractivity contribution in [3.63, 3.8) is 0 Å². The Balaban J connectivity index is 1.89. The first-order valence-electron chi connectivity index (χ1n) is 6.31. The summed E-state index contributed by atoms with van der Waals surface area (Å²) in [4.78, 5) is 8.65. The number of hydrogen-bond acceptors (Lipinski definition) is 4. The summed E-state index contributed by atoms with van der Waals surface area (Å²) in [6.07, 6.45) is 5.01. The maximum absolute atomic E-state index is 5.56. The number of nitrogens with zero attached hydrogens (tertiary/aromatic N) is 2. The molecular weight excluding hydrogens is 214 g/mol. The average molecular weight is 235 g/mol. The molecule has 1 aromatic heterocycles. The Morgan fingerprint density at radius 3 is 2.88 bits per heavy atom. The maximum Gasteiger partial charge on any atom is 0.0782 e. The summed E-state index contributed by atoms with van der Waals surface area (Å²) in [7, 11) is 0. The fourth-order valence-corrected chi connectivity index (χ4v) is 2.31. The molecule has 1 fully saturated rings. The molecule has 0 aliphatic carbocycles. The highest BCUT2D eigenvalue weighted by Crippen LogP contribution is 2.21. The zero-order valence-corrected chi connectivity index (χ0v) is 10.8. The predicted octanol–water partition coefficient (Wildman–Crippen LogP) is 1.86. The number of nitrogens with one attached hydrogen (secondary N) is 1. The second-order valence-corrected chi connectivity index (χ2v) is 4.78. The Morgan fingerprint density at radius 1 is 1.47 bits per heavy atom. The van der Waals surface area contributed by atoms with Gasteiger partial charge >= 0.3 is 0 Å². The van der Waals surface area contributed by atoms with Gasteiger partial charge in [0.1, 0.15) is 0 Å². The third-order valence-corrected chi connectivity index (χ3v) is 3.55. The minimum absolute atomic E-state index is 0.247. The Kier molecular flexibility index (Phi) is 4.07. The van der Waals surface area contributed by atoms with Crippen LogP contribution in [0, 0.1) is 12.8 Å². The summed E-state index contributed by atoms with van der Waals surface area (Å²) >= 11 is 0. The summed E-state index contributed by atoms with van der Waals surface area (Å²) in [5, 5.41) is 3.53. The van der Waals surface area contributed by atoms with Gasteiger partial charge < -0.3 is 10.1 Å². The average Bonchev–Trinajstić information content (AvgIpc) is 2.72. The second-order valence-electron chi connectivity index (χ2n) is 4.78. The normalized spacial score (nSPS) is 26.1. The predicted molar refractivity (Wildman–Crippen MR) is 66.7 cm³/mol. The van der Waals surface area contributed by atoms with Gasteiger partial charge in [0.2, 0.25) is 0 Å². The smallest absolute Gasteiger partial charge is 0.0782 e. The first-order chi connectivity index (χ1) is 8.18. The molecule has 0 amide bonds. The highest BCUT2D eigenvalue weighted by atomic mass is 16.5. The molecule has 0 bridgehead atoms. The van der Waals surface area contributed by atoms with Crippen LogP contribution in [-0.4, -0.2) is 29.2 Å². The zero-order valence-electron chi connectivity index (χ0n) is 10.8. The lowest BCUT2D eigenvalue weighted by atomic mass is 10.0. The van der Waals surface area contributed by atoms with Gasteiger partial charge in [-0.05, 0) is 33.1 Å². The van der Waals surface area contributed by atoms with Crippen molar-refractivity contribution in [2.75, 3.05) is 13.2 Å². The third kappa shape index (κ3) is 3.01. The van der Waals surface area contributed by atoms with Crippen LogP contribution < -0.4 is 5.32 Å². The van der Waals surface area contributed by atoms with Crippen molar-refractivity contribution in [1.29, 1.82) is 0 Å². The van der Waals surface area contributed by atoms with E-state index in [4.69, 9.17) is 4.74 Å². The van der Waals surface area contributed by atoms with Gasteiger partial charge in [-0.2, -0.15) is 0 Å². The van der Waals surface area contributed by atoms with Crippen molar-refractivity contribution >= 4 is 0 Å². The lowest BCUT2D eigenvalue weighted by Gasteiger charge is -2.19. The molecule has 0 spiro atoms. The molecule has 1 aromatic rings. The molecule has 0 aromatic carbocycles. The van der Waals surface area contributed by atoms with E-state index in [1.165, 1.54) is 0 Å². The largest absolute Gasteiger partial charge is 0.378 e. The van der Waals surface area contributed by atoms with Gasteiger partial charge in [-0.15, -0.1) is 0 Å². The zero-order chi connectivity index (χ0) is 12.3. The molecule has 1 saturated heterocycles. The molecule has 1 aliphatic heterocycles. The summed E-state index contributed by atoms with van der Waals surface area (Å²) in [5.74, 6) is 0.620. The van der Waals surface area contributed by atoms with Crippen molar-refractivity contribution in [1.82, 2.24) is 15.3 Å². The first-order valence-corrected chi connectivity index (χ1v) is 6.31. The van der Waals surface area contributed by atoms with Crippen LogP contribution >= 0.6 is 0 Å². The highest BCUT2D eigenvalue weighted by molar-refractivity contribution is 5.12. The third-order valence-electron chi connectivity index (χ3n) is 3.55. The van der Waals surface area contributed by atoms with Crippen molar-refractivity contribution in [2.45, 2.75) is 39.3 Å². The van der Waals surface area contributed by atoms with Crippen molar-refractivity contribution in [3.8, 4) is 0 Å². The van der Waals surface area contributed by atoms with E-state index in [0.29, 0.717) is 12.0 Å². The molecule has 3 atom stereocenters. The van der Waals surface area contributed by atoms with Crippen LogP contribution in [0.2, 0.25) is 0 Å². The number of rotatable bonds is 4. The first kappa shape index (κ1) is 12.5. The van der Waals surface area contributed by atoms with Crippen molar-refractivity contribution in [2.24, 2.45) is 5.92 Å². The molecule has 2 heterocycles. The standard InChI is InChI=1S/C13H21N3O/c1-9-13(15-6-5-14-9)10(2)16-8-12-4-7-17-11(12)3/h5-6,10-12,16H,4,7-8H2,1-3H3. The summed E-state index contributed by atoms with van der Waals surface area (Å²) in [6, 6.07) is 0.247. The van der Waals surface area contributed by atoms with Gasteiger partial charge in [-0.25, -0.2) is 0 Å². The number of aryl methyl sites for hydroxylation is 1. The van der Waals surface area contributed by atoms with Gasteiger partial charge in [-0.3, -0.25) is 9.97 Å².